The summed E-state index contributed by atoms with van der Waals surface area (Å²) in [6, 6.07) is 6.85. The van der Waals surface area contributed by atoms with Crippen molar-refractivity contribution in [2.75, 3.05) is 0 Å². The van der Waals surface area contributed by atoms with Crippen LogP contribution in [0.1, 0.15) is 5.56 Å². The third-order valence-corrected chi connectivity index (χ3v) is 2.61. The molecule has 5 nitrogen and oxygen atoms in total. The molecule has 1 unspecified atom stereocenters. The first kappa shape index (κ1) is 10.0. The van der Waals surface area contributed by atoms with Gasteiger partial charge in [0.1, 0.15) is 12.7 Å². The van der Waals surface area contributed by atoms with E-state index in [0.717, 1.165) is 5.56 Å². The first-order chi connectivity index (χ1) is 7.25. The van der Waals surface area contributed by atoms with E-state index in [1.165, 1.54) is 6.33 Å². The van der Waals surface area contributed by atoms with Crippen molar-refractivity contribution in [2.45, 2.75) is 11.4 Å². The summed E-state index contributed by atoms with van der Waals surface area (Å²) in [6.45, 7) is 0.609. The molecule has 1 N–H and O–H groups in total. The SMILES string of the molecule is O=S(O)c1ccc(Cn2cncn2)cc1. The van der Waals surface area contributed by atoms with E-state index in [1.807, 2.05) is 0 Å². The fourth-order valence-corrected chi connectivity index (χ4v) is 1.58. The van der Waals surface area contributed by atoms with Gasteiger partial charge in [-0.2, -0.15) is 5.10 Å². The van der Waals surface area contributed by atoms with E-state index in [9.17, 15) is 4.21 Å². The van der Waals surface area contributed by atoms with Crippen LogP contribution in [0.15, 0.2) is 41.8 Å². The number of nitrogens with zero attached hydrogens (tertiary/aromatic N) is 3. The minimum atomic E-state index is -1.91. The highest BCUT2D eigenvalue weighted by molar-refractivity contribution is 7.79. The molecule has 0 aliphatic carbocycles. The first-order valence-electron chi connectivity index (χ1n) is 4.28. The number of hydrogen-bond donors (Lipinski definition) is 1. The lowest BCUT2D eigenvalue weighted by atomic mass is 10.2. The van der Waals surface area contributed by atoms with E-state index in [2.05, 4.69) is 10.1 Å². The molecule has 15 heavy (non-hydrogen) atoms. The summed E-state index contributed by atoms with van der Waals surface area (Å²) in [5.74, 6) is 0. The number of rotatable bonds is 3. The maximum atomic E-state index is 10.7. The predicted octanol–water partition coefficient (Wildman–Crippen LogP) is 0.907. The third-order valence-electron chi connectivity index (χ3n) is 1.94. The molecule has 0 saturated heterocycles. The van der Waals surface area contributed by atoms with E-state index in [0.29, 0.717) is 11.4 Å². The van der Waals surface area contributed by atoms with Crippen LogP contribution >= 0.6 is 0 Å². The van der Waals surface area contributed by atoms with Gasteiger partial charge >= 0.3 is 0 Å². The topological polar surface area (TPSA) is 68.0 Å². The minimum Gasteiger partial charge on any atom is -0.302 e. The number of hydrogen-bond acceptors (Lipinski definition) is 3. The molecule has 1 aromatic carbocycles. The van der Waals surface area contributed by atoms with Gasteiger partial charge < -0.3 is 4.55 Å². The zero-order chi connectivity index (χ0) is 10.7. The molecule has 0 amide bonds. The molecule has 2 aromatic rings. The largest absolute Gasteiger partial charge is 0.302 e. The summed E-state index contributed by atoms with van der Waals surface area (Å²) in [6.07, 6.45) is 3.09. The molecule has 0 spiro atoms. The van der Waals surface area contributed by atoms with E-state index in [1.54, 1.807) is 35.3 Å². The molecule has 2 rings (SSSR count). The lowest BCUT2D eigenvalue weighted by molar-refractivity contribution is 0.564. The third kappa shape index (κ3) is 2.48. The second kappa shape index (κ2) is 4.33. The minimum absolute atomic E-state index is 0.400. The molecule has 0 radical (unpaired) electrons. The Morgan fingerprint density at radius 2 is 2.07 bits per heavy atom. The molecule has 1 aromatic heterocycles. The van der Waals surface area contributed by atoms with Crippen molar-refractivity contribution in [3.8, 4) is 0 Å². The van der Waals surface area contributed by atoms with Crippen molar-refractivity contribution in [3.63, 3.8) is 0 Å². The van der Waals surface area contributed by atoms with Gasteiger partial charge in [-0.25, -0.2) is 13.9 Å². The smallest absolute Gasteiger partial charge is 0.186 e. The van der Waals surface area contributed by atoms with Gasteiger partial charge in [0, 0.05) is 0 Å². The Balaban J connectivity index is 2.14. The predicted molar refractivity (Wildman–Crippen MR) is 54.6 cm³/mol. The van der Waals surface area contributed by atoms with Crippen molar-refractivity contribution >= 4 is 11.1 Å². The Morgan fingerprint density at radius 3 is 2.60 bits per heavy atom. The Hall–Kier alpha value is -1.53. The van der Waals surface area contributed by atoms with Crippen LogP contribution in [0.25, 0.3) is 0 Å². The summed E-state index contributed by atoms with van der Waals surface area (Å²) in [5, 5.41) is 3.97. The van der Waals surface area contributed by atoms with Gasteiger partial charge in [-0.15, -0.1) is 0 Å². The molecule has 0 saturated carbocycles. The number of aromatic nitrogens is 3. The molecular formula is C9H9N3O2S. The summed E-state index contributed by atoms with van der Waals surface area (Å²) in [4.78, 5) is 4.23. The van der Waals surface area contributed by atoms with Crippen LogP contribution in [0.5, 0.6) is 0 Å². The maximum Gasteiger partial charge on any atom is 0.186 e. The normalized spacial score (nSPS) is 12.6. The summed E-state index contributed by atoms with van der Waals surface area (Å²) < 4.78 is 21.2. The van der Waals surface area contributed by atoms with Crippen LogP contribution < -0.4 is 0 Å². The van der Waals surface area contributed by atoms with Crippen LogP contribution in [-0.4, -0.2) is 23.5 Å². The molecule has 1 atom stereocenters. The van der Waals surface area contributed by atoms with Gasteiger partial charge in [0.25, 0.3) is 0 Å². The second-order valence-corrected chi connectivity index (χ2v) is 3.96. The lowest BCUT2D eigenvalue weighted by Gasteiger charge is -2.01. The van der Waals surface area contributed by atoms with Gasteiger partial charge in [0.2, 0.25) is 0 Å². The Bertz CT molecular complexity index is 453. The standard InChI is InChI=1S/C9H9N3O2S/c13-15(14)9-3-1-8(2-4-9)5-12-7-10-6-11-12/h1-4,6-7H,5H2,(H,13,14). The second-order valence-electron chi connectivity index (χ2n) is 2.99. The van der Waals surface area contributed by atoms with Gasteiger partial charge in [0.05, 0.1) is 11.4 Å². The highest BCUT2D eigenvalue weighted by atomic mass is 32.2. The van der Waals surface area contributed by atoms with Crippen molar-refractivity contribution in [2.24, 2.45) is 0 Å². The molecule has 0 aliphatic rings. The van der Waals surface area contributed by atoms with Gasteiger partial charge in [-0.1, -0.05) is 12.1 Å². The highest BCUT2D eigenvalue weighted by Gasteiger charge is 2.00. The molecular weight excluding hydrogens is 214 g/mol. The van der Waals surface area contributed by atoms with Crippen molar-refractivity contribution < 1.29 is 8.76 Å². The zero-order valence-corrected chi connectivity index (χ0v) is 8.59. The van der Waals surface area contributed by atoms with Gasteiger partial charge in [-0.3, -0.25) is 0 Å². The van der Waals surface area contributed by atoms with Crippen molar-refractivity contribution in [3.05, 3.63) is 42.5 Å². The maximum absolute atomic E-state index is 10.7. The van der Waals surface area contributed by atoms with E-state index < -0.39 is 11.1 Å². The highest BCUT2D eigenvalue weighted by Crippen LogP contribution is 2.08. The number of benzene rings is 1. The summed E-state index contributed by atoms with van der Waals surface area (Å²) in [7, 11) is 0. The summed E-state index contributed by atoms with van der Waals surface area (Å²) >= 11 is -1.91. The molecule has 78 valence electrons. The Morgan fingerprint density at radius 1 is 1.33 bits per heavy atom. The zero-order valence-electron chi connectivity index (χ0n) is 7.78. The van der Waals surface area contributed by atoms with E-state index in [4.69, 9.17) is 4.55 Å². The lowest BCUT2D eigenvalue weighted by Crippen LogP contribution is -2.00. The Labute approximate surface area is 89.1 Å². The molecule has 1 heterocycles. The average molecular weight is 223 g/mol. The molecule has 6 heteroatoms. The van der Waals surface area contributed by atoms with Crippen LogP contribution in [-0.2, 0) is 17.6 Å². The van der Waals surface area contributed by atoms with Crippen LogP contribution in [0.4, 0.5) is 0 Å². The summed E-state index contributed by atoms with van der Waals surface area (Å²) in [5.41, 5.74) is 1.01. The first-order valence-corrected chi connectivity index (χ1v) is 5.38. The fourth-order valence-electron chi connectivity index (χ4n) is 1.21. The molecule has 0 aliphatic heterocycles. The van der Waals surface area contributed by atoms with Crippen molar-refractivity contribution in [1.82, 2.24) is 14.8 Å². The van der Waals surface area contributed by atoms with Crippen LogP contribution in [0.2, 0.25) is 0 Å². The van der Waals surface area contributed by atoms with Crippen LogP contribution in [0.3, 0.4) is 0 Å². The fraction of sp³-hybridized carbons (Fsp3) is 0.111. The monoisotopic (exact) mass is 223 g/mol. The molecule has 0 fully saturated rings. The molecule has 0 bridgehead atoms. The van der Waals surface area contributed by atoms with Gasteiger partial charge in [-0.05, 0) is 17.7 Å². The van der Waals surface area contributed by atoms with E-state index in [-0.39, 0.29) is 0 Å². The van der Waals surface area contributed by atoms with E-state index >= 15 is 0 Å². The Kier molecular flexibility index (Phi) is 2.89. The van der Waals surface area contributed by atoms with Crippen molar-refractivity contribution in [1.29, 1.82) is 0 Å². The van der Waals surface area contributed by atoms with Crippen LogP contribution in [0, 0.1) is 0 Å². The average Bonchev–Trinajstić information content (AvgIpc) is 2.71. The van der Waals surface area contributed by atoms with Gasteiger partial charge in [0.15, 0.2) is 11.1 Å². The quantitative estimate of drug-likeness (QED) is 0.785.